The summed E-state index contributed by atoms with van der Waals surface area (Å²) in [4.78, 5) is 0. The molecule has 3 aromatic carbocycles. The van der Waals surface area contributed by atoms with E-state index in [1.165, 1.54) is 11.1 Å². The first kappa shape index (κ1) is 22.1. The van der Waals surface area contributed by atoms with Gasteiger partial charge >= 0.3 is 0 Å². The SMILES string of the molecule is COc1ccc(CSc2nnc(SCc3ccc(OC)cc3)n2-c2cccc(N)c2)cc1. The summed E-state index contributed by atoms with van der Waals surface area (Å²) in [6.45, 7) is 0. The Balaban J connectivity index is 1.56. The molecule has 1 aromatic heterocycles. The molecule has 0 bridgehead atoms. The number of benzene rings is 3. The summed E-state index contributed by atoms with van der Waals surface area (Å²) >= 11 is 3.28. The van der Waals surface area contributed by atoms with E-state index >= 15 is 0 Å². The van der Waals surface area contributed by atoms with Crippen molar-refractivity contribution >= 4 is 29.2 Å². The van der Waals surface area contributed by atoms with Crippen LogP contribution in [0, 0.1) is 0 Å². The Morgan fingerprint density at radius 3 is 1.69 bits per heavy atom. The minimum Gasteiger partial charge on any atom is -0.497 e. The highest BCUT2D eigenvalue weighted by atomic mass is 32.2. The molecule has 0 amide bonds. The van der Waals surface area contributed by atoms with Crippen LogP contribution in [-0.2, 0) is 11.5 Å². The minimum absolute atomic E-state index is 0.702. The molecule has 6 nitrogen and oxygen atoms in total. The second kappa shape index (κ2) is 10.5. The summed E-state index contributed by atoms with van der Waals surface area (Å²) in [5.41, 5.74) is 10.1. The van der Waals surface area contributed by atoms with Crippen molar-refractivity contribution in [3.8, 4) is 17.2 Å². The maximum absolute atomic E-state index is 6.06. The van der Waals surface area contributed by atoms with Crippen molar-refractivity contribution in [2.24, 2.45) is 0 Å². The Labute approximate surface area is 196 Å². The number of anilines is 1. The van der Waals surface area contributed by atoms with Gasteiger partial charge in [0.2, 0.25) is 0 Å². The van der Waals surface area contributed by atoms with Gasteiger partial charge in [-0.3, -0.25) is 4.57 Å². The molecule has 1 heterocycles. The van der Waals surface area contributed by atoms with Crippen LogP contribution in [0.1, 0.15) is 11.1 Å². The van der Waals surface area contributed by atoms with E-state index in [2.05, 4.69) is 39.0 Å². The lowest BCUT2D eigenvalue weighted by Crippen LogP contribution is -2.00. The largest absolute Gasteiger partial charge is 0.497 e. The van der Waals surface area contributed by atoms with E-state index in [9.17, 15) is 0 Å². The molecule has 0 aliphatic rings. The number of methoxy groups -OCH3 is 2. The fourth-order valence-electron chi connectivity index (χ4n) is 3.07. The molecular formula is C24H24N4O2S2. The van der Waals surface area contributed by atoms with Crippen LogP contribution in [0.4, 0.5) is 5.69 Å². The highest BCUT2D eigenvalue weighted by Gasteiger charge is 2.16. The van der Waals surface area contributed by atoms with E-state index in [4.69, 9.17) is 15.2 Å². The van der Waals surface area contributed by atoms with E-state index in [-0.39, 0.29) is 0 Å². The topological polar surface area (TPSA) is 75.2 Å². The van der Waals surface area contributed by atoms with Crippen LogP contribution in [0.15, 0.2) is 83.1 Å². The molecule has 4 aromatic rings. The predicted octanol–water partition coefficient (Wildman–Crippen LogP) is 5.45. The van der Waals surface area contributed by atoms with E-state index in [1.54, 1.807) is 37.7 Å². The van der Waals surface area contributed by atoms with Gasteiger partial charge in [0.1, 0.15) is 11.5 Å². The van der Waals surface area contributed by atoms with Crippen LogP contribution >= 0.6 is 23.5 Å². The smallest absolute Gasteiger partial charge is 0.196 e. The maximum atomic E-state index is 6.06. The highest BCUT2D eigenvalue weighted by molar-refractivity contribution is 7.99. The summed E-state index contributed by atoms with van der Waals surface area (Å²) in [6, 6.07) is 23.9. The van der Waals surface area contributed by atoms with Gasteiger partial charge in [-0.1, -0.05) is 53.9 Å². The van der Waals surface area contributed by atoms with Crippen molar-refractivity contribution in [2.75, 3.05) is 20.0 Å². The third-order valence-electron chi connectivity index (χ3n) is 4.79. The summed E-state index contributed by atoms with van der Waals surface area (Å²) < 4.78 is 12.6. The predicted molar refractivity (Wildman–Crippen MR) is 131 cm³/mol. The molecular weight excluding hydrogens is 440 g/mol. The first-order valence-corrected chi connectivity index (χ1v) is 12.0. The van der Waals surface area contributed by atoms with E-state index in [0.29, 0.717) is 5.69 Å². The molecule has 0 aliphatic carbocycles. The van der Waals surface area contributed by atoms with Crippen LogP contribution in [0.2, 0.25) is 0 Å². The third kappa shape index (κ3) is 5.38. The number of hydrogen-bond acceptors (Lipinski definition) is 7. The normalized spacial score (nSPS) is 10.8. The fraction of sp³-hybridized carbons (Fsp3) is 0.167. The molecule has 0 spiro atoms. The Morgan fingerprint density at radius 2 is 1.25 bits per heavy atom. The van der Waals surface area contributed by atoms with E-state index < -0.39 is 0 Å². The second-order valence-electron chi connectivity index (χ2n) is 6.97. The van der Waals surface area contributed by atoms with E-state index in [0.717, 1.165) is 39.0 Å². The quantitative estimate of drug-likeness (QED) is 0.261. The Morgan fingerprint density at radius 1 is 0.750 bits per heavy atom. The van der Waals surface area contributed by atoms with Crippen molar-refractivity contribution in [1.29, 1.82) is 0 Å². The zero-order valence-corrected chi connectivity index (χ0v) is 19.5. The number of nitrogens with two attached hydrogens (primary N) is 1. The van der Waals surface area contributed by atoms with Crippen molar-refractivity contribution in [3.05, 3.63) is 83.9 Å². The molecule has 32 heavy (non-hydrogen) atoms. The van der Waals surface area contributed by atoms with Gasteiger partial charge < -0.3 is 15.2 Å². The van der Waals surface area contributed by atoms with Gasteiger partial charge in [-0.2, -0.15) is 0 Å². The van der Waals surface area contributed by atoms with Crippen LogP contribution < -0.4 is 15.2 Å². The van der Waals surface area contributed by atoms with Crippen LogP contribution in [0.5, 0.6) is 11.5 Å². The first-order chi connectivity index (χ1) is 15.7. The molecule has 164 valence electrons. The average Bonchev–Trinajstić information content (AvgIpc) is 3.25. The molecule has 0 fully saturated rings. The van der Waals surface area contributed by atoms with Crippen molar-refractivity contribution in [2.45, 2.75) is 21.8 Å². The van der Waals surface area contributed by atoms with Gasteiger partial charge in [0.15, 0.2) is 10.3 Å². The maximum Gasteiger partial charge on any atom is 0.196 e. The number of thioether (sulfide) groups is 2. The Kier molecular flexibility index (Phi) is 7.24. The third-order valence-corrected chi connectivity index (χ3v) is 6.79. The summed E-state index contributed by atoms with van der Waals surface area (Å²) in [6.07, 6.45) is 0. The van der Waals surface area contributed by atoms with Crippen molar-refractivity contribution in [1.82, 2.24) is 14.8 Å². The highest BCUT2D eigenvalue weighted by Crippen LogP contribution is 2.32. The number of nitrogens with zero attached hydrogens (tertiary/aromatic N) is 3. The Hall–Kier alpha value is -3.10. The van der Waals surface area contributed by atoms with Gasteiger partial charge in [-0.05, 0) is 53.6 Å². The lowest BCUT2D eigenvalue weighted by molar-refractivity contribution is 0.414. The number of aromatic nitrogens is 3. The molecule has 2 N–H and O–H groups in total. The van der Waals surface area contributed by atoms with Gasteiger partial charge in [-0.25, -0.2) is 0 Å². The molecule has 0 radical (unpaired) electrons. The summed E-state index contributed by atoms with van der Waals surface area (Å²) in [5.74, 6) is 3.24. The zero-order valence-electron chi connectivity index (χ0n) is 17.9. The van der Waals surface area contributed by atoms with Gasteiger partial charge in [-0.15, -0.1) is 10.2 Å². The Bertz CT molecular complexity index is 1090. The molecule has 8 heteroatoms. The molecule has 0 saturated heterocycles. The number of nitrogen functional groups attached to an aromatic ring is 1. The first-order valence-electron chi connectivity index (χ1n) is 9.99. The standard InChI is InChI=1S/C24H24N4O2S2/c1-29-21-10-6-17(7-11-21)15-31-23-26-27-24(28(23)20-5-3-4-19(25)14-20)32-16-18-8-12-22(30-2)13-9-18/h3-14H,15-16,25H2,1-2H3. The zero-order chi connectivity index (χ0) is 22.3. The summed E-state index contributed by atoms with van der Waals surface area (Å²) in [7, 11) is 3.34. The van der Waals surface area contributed by atoms with E-state index in [1.807, 2.05) is 48.5 Å². The molecule has 4 rings (SSSR count). The van der Waals surface area contributed by atoms with Crippen molar-refractivity contribution < 1.29 is 9.47 Å². The fourth-order valence-corrected chi connectivity index (χ4v) is 4.94. The van der Waals surface area contributed by atoms with Gasteiger partial charge in [0.25, 0.3) is 0 Å². The number of rotatable bonds is 9. The number of hydrogen-bond donors (Lipinski definition) is 1. The average molecular weight is 465 g/mol. The number of ether oxygens (including phenoxy) is 2. The summed E-state index contributed by atoms with van der Waals surface area (Å²) in [5, 5.41) is 10.6. The van der Waals surface area contributed by atoms with Gasteiger partial charge in [0, 0.05) is 17.2 Å². The molecule has 0 aliphatic heterocycles. The lowest BCUT2D eigenvalue weighted by Gasteiger charge is -2.11. The molecule has 0 saturated carbocycles. The lowest BCUT2D eigenvalue weighted by atomic mass is 10.2. The monoisotopic (exact) mass is 464 g/mol. The van der Waals surface area contributed by atoms with Crippen LogP contribution in [0.3, 0.4) is 0 Å². The minimum atomic E-state index is 0.702. The molecule has 0 unspecified atom stereocenters. The van der Waals surface area contributed by atoms with Gasteiger partial charge in [0.05, 0.1) is 19.9 Å². The van der Waals surface area contributed by atoms with Crippen LogP contribution in [0.25, 0.3) is 5.69 Å². The molecule has 0 atom stereocenters. The second-order valence-corrected chi connectivity index (χ2v) is 8.85. The van der Waals surface area contributed by atoms with Crippen LogP contribution in [-0.4, -0.2) is 29.0 Å². The van der Waals surface area contributed by atoms with Crippen molar-refractivity contribution in [3.63, 3.8) is 0 Å².